The first-order valence-electron chi connectivity index (χ1n) is 7.12. The minimum Gasteiger partial charge on any atom is -0.381 e. The zero-order valence-electron chi connectivity index (χ0n) is 11.7. The van der Waals surface area contributed by atoms with Gasteiger partial charge in [-0.25, -0.2) is 0 Å². The van der Waals surface area contributed by atoms with E-state index in [1.165, 1.54) is 18.6 Å². The molecule has 1 fully saturated rings. The minimum atomic E-state index is -0.301. The Morgan fingerprint density at radius 3 is 2.67 bits per heavy atom. The van der Waals surface area contributed by atoms with Crippen molar-refractivity contribution < 1.29 is 4.74 Å². The SMILES string of the molecule is CCNC(C#N)(CC)CCCSC1CCOCC1. The molecule has 1 unspecified atom stereocenters. The summed E-state index contributed by atoms with van der Waals surface area (Å²) in [6.45, 7) is 6.88. The summed E-state index contributed by atoms with van der Waals surface area (Å²) in [5, 5.41) is 13.4. The van der Waals surface area contributed by atoms with Crippen molar-refractivity contribution in [3.8, 4) is 6.07 Å². The van der Waals surface area contributed by atoms with Gasteiger partial charge in [0.25, 0.3) is 0 Å². The van der Waals surface area contributed by atoms with Crippen LogP contribution in [-0.4, -0.2) is 36.3 Å². The zero-order valence-corrected chi connectivity index (χ0v) is 12.5. The number of hydrogen-bond donors (Lipinski definition) is 1. The molecular weight excluding hydrogens is 244 g/mol. The number of nitrogens with zero attached hydrogens (tertiary/aromatic N) is 1. The van der Waals surface area contributed by atoms with Gasteiger partial charge in [-0.1, -0.05) is 13.8 Å². The van der Waals surface area contributed by atoms with E-state index in [1.54, 1.807) is 0 Å². The molecule has 1 rings (SSSR count). The first-order chi connectivity index (χ1) is 8.76. The molecule has 1 N–H and O–H groups in total. The van der Waals surface area contributed by atoms with Gasteiger partial charge < -0.3 is 4.74 Å². The van der Waals surface area contributed by atoms with Crippen molar-refractivity contribution in [1.82, 2.24) is 5.32 Å². The van der Waals surface area contributed by atoms with Crippen LogP contribution in [-0.2, 0) is 4.74 Å². The maximum Gasteiger partial charge on any atom is 0.106 e. The fourth-order valence-electron chi connectivity index (χ4n) is 2.37. The molecule has 0 bridgehead atoms. The van der Waals surface area contributed by atoms with Crippen molar-refractivity contribution in [2.24, 2.45) is 0 Å². The second-order valence-electron chi connectivity index (χ2n) is 4.86. The summed E-state index contributed by atoms with van der Waals surface area (Å²) in [7, 11) is 0. The van der Waals surface area contributed by atoms with E-state index in [9.17, 15) is 5.26 Å². The number of thioether (sulfide) groups is 1. The number of hydrogen-bond acceptors (Lipinski definition) is 4. The lowest BCUT2D eigenvalue weighted by atomic mass is 9.92. The van der Waals surface area contributed by atoms with Crippen molar-refractivity contribution >= 4 is 11.8 Å². The molecule has 0 saturated carbocycles. The van der Waals surface area contributed by atoms with E-state index in [-0.39, 0.29) is 5.54 Å². The predicted octanol–water partition coefficient (Wildman–Crippen LogP) is 2.96. The van der Waals surface area contributed by atoms with Gasteiger partial charge in [-0.15, -0.1) is 0 Å². The van der Waals surface area contributed by atoms with Gasteiger partial charge in [-0.3, -0.25) is 5.32 Å². The zero-order chi connectivity index (χ0) is 13.3. The summed E-state index contributed by atoms with van der Waals surface area (Å²) < 4.78 is 5.36. The van der Waals surface area contributed by atoms with Gasteiger partial charge in [0.2, 0.25) is 0 Å². The highest BCUT2D eigenvalue weighted by molar-refractivity contribution is 7.99. The monoisotopic (exact) mass is 270 g/mol. The molecule has 1 heterocycles. The van der Waals surface area contributed by atoms with Gasteiger partial charge >= 0.3 is 0 Å². The molecule has 1 atom stereocenters. The molecular formula is C14H26N2OS. The molecule has 0 aromatic carbocycles. The fraction of sp³-hybridized carbons (Fsp3) is 0.929. The fourth-order valence-corrected chi connectivity index (χ4v) is 3.54. The van der Waals surface area contributed by atoms with E-state index in [0.717, 1.165) is 44.3 Å². The van der Waals surface area contributed by atoms with Crippen molar-refractivity contribution in [2.45, 2.75) is 56.7 Å². The smallest absolute Gasteiger partial charge is 0.106 e. The molecule has 0 spiro atoms. The maximum atomic E-state index is 9.32. The molecule has 1 saturated heterocycles. The van der Waals surface area contributed by atoms with Crippen molar-refractivity contribution in [2.75, 3.05) is 25.5 Å². The van der Waals surface area contributed by atoms with E-state index >= 15 is 0 Å². The Hall–Kier alpha value is -0.240. The molecule has 104 valence electrons. The number of rotatable bonds is 8. The molecule has 3 nitrogen and oxygen atoms in total. The normalized spacial score (nSPS) is 20.3. The topological polar surface area (TPSA) is 45.0 Å². The van der Waals surface area contributed by atoms with Crippen LogP contribution in [0.4, 0.5) is 0 Å². The Morgan fingerprint density at radius 2 is 2.11 bits per heavy atom. The third-order valence-electron chi connectivity index (χ3n) is 3.60. The maximum absolute atomic E-state index is 9.32. The molecule has 1 aliphatic rings. The lowest BCUT2D eigenvalue weighted by Gasteiger charge is -2.26. The molecule has 4 heteroatoms. The Bertz CT molecular complexity index is 261. The van der Waals surface area contributed by atoms with Crippen LogP contribution in [0.5, 0.6) is 0 Å². The van der Waals surface area contributed by atoms with Crippen LogP contribution in [0, 0.1) is 11.3 Å². The first-order valence-corrected chi connectivity index (χ1v) is 8.17. The molecule has 1 aliphatic heterocycles. The van der Waals surface area contributed by atoms with Gasteiger partial charge in [-0.2, -0.15) is 17.0 Å². The number of nitrogens with one attached hydrogen (secondary N) is 1. The Kier molecular flexibility index (Phi) is 7.73. The quantitative estimate of drug-likeness (QED) is 0.689. The molecule has 0 radical (unpaired) electrons. The summed E-state index contributed by atoms with van der Waals surface area (Å²) >= 11 is 2.06. The van der Waals surface area contributed by atoms with E-state index in [0.29, 0.717) is 0 Å². The highest BCUT2D eigenvalue weighted by Gasteiger charge is 2.26. The second-order valence-corrected chi connectivity index (χ2v) is 6.27. The van der Waals surface area contributed by atoms with Gasteiger partial charge in [-0.05, 0) is 44.4 Å². The summed E-state index contributed by atoms with van der Waals surface area (Å²) in [6.07, 6.45) is 5.35. The van der Waals surface area contributed by atoms with Gasteiger partial charge in [0, 0.05) is 18.5 Å². The average Bonchev–Trinajstić information content (AvgIpc) is 2.43. The van der Waals surface area contributed by atoms with Gasteiger partial charge in [0.1, 0.15) is 5.54 Å². The summed E-state index contributed by atoms with van der Waals surface area (Å²) in [4.78, 5) is 0. The first kappa shape index (κ1) is 15.8. The van der Waals surface area contributed by atoms with E-state index < -0.39 is 0 Å². The number of nitriles is 1. The molecule has 18 heavy (non-hydrogen) atoms. The highest BCUT2D eigenvalue weighted by Crippen LogP contribution is 2.25. The van der Waals surface area contributed by atoms with E-state index in [1.807, 2.05) is 0 Å². The summed E-state index contributed by atoms with van der Waals surface area (Å²) in [5.74, 6) is 1.17. The van der Waals surface area contributed by atoms with Crippen molar-refractivity contribution in [1.29, 1.82) is 5.26 Å². The summed E-state index contributed by atoms with van der Waals surface area (Å²) in [6, 6.07) is 2.46. The lowest BCUT2D eigenvalue weighted by Crippen LogP contribution is -2.43. The van der Waals surface area contributed by atoms with Crippen LogP contribution in [0.15, 0.2) is 0 Å². The van der Waals surface area contributed by atoms with Crippen LogP contribution in [0.25, 0.3) is 0 Å². The van der Waals surface area contributed by atoms with Crippen LogP contribution in [0.2, 0.25) is 0 Å². The standard InChI is InChI=1S/C14H26N2OS/c1-3-14(12-15,16-4-2)8-5-11-18-13-6-9-17-10-7-13/h13,16H,3-11H2,1-2H3. The molecule has 0 aromatic rings. The lowest BCUT2D eigenvalue weighted by molar-refractivity contribution is 0.1000. The largest absolute Gasteiger partial charge is 0.381 e. The Morgan fingerprint density at radius 1 is 1.39 bits per heavy atom. The second kappa shape index (κ2) is 8.79. The molecule has 0 amide bonds. The van der Waals surface area contributed by atoms with Gasteiger partial charge in [0.15, 0.2) is 0 Å². The Labute approximate surface area is 116 Å². The number of ether oxygens (including phenoxy) is 1. The van der Waals surface area contributed by atoms with E-state index in [2.05, 4.69) is 37.0 Å². The van der Waals surface area contributed by atoms with Crippen LogP contribution in [0.1, 0.15) is 46.0 Å². The summed E-state index contributed by atoms with van der Waals surface area (Å²) in [5.41, 5.74) is -0.301. The van der Waals surface area contributed by atoms with E-state index in [4.69, 9.17) is 4.74 Å². The third kappa shape index (κ3) is 5.17. The molecule has 0 aliphatic carbocycles. The predicted molar refractivity (Wildman–Crippen MR) is 77.8 cm³/mol. The third-order valence-corrected chi connectivity index (χ3v) is 5.07. The van der Waals surface area contributed by atoms with Crippen LogP contribution in [0.3, 0.4) is 0 Å². The van der Waals surface area contributed by atoms with Crippen LogP contribution >= 0.6 is 11.8 Å². The Balaban J connectivity index is 2.20. The van der Waals surface area contributed by atoms with Crippen molar-refractivity contribution in [3.63, 3.8) is 0 Å². The average molecular weight is 270 g/mol. The van der Waals surface area contributed by atoms with Gasteiger partial charge in [0.05, 0.1) is 6.07 Å². The van der Waals surface area contributed by atoms with Crippen molar-refractivity contribution in [3.05, 3.63) is 0 Å². The minimum absolute atomic E-state index is 0.301. The molecule has 0 aromatic heterocycles. The van der Waals surface area contributed by atoms with Crippen LogP contribution < -0.4 is 5.32 Å². The highest BCUT2D eigenvalue weighted by atomic mass is 32.2.